The lowest BCUT2D eigenvalue weighted by Gasteiger charge is -2.16. The second kappa shape index (κ2) is 3.61. The van der Waals surface area contributed by atoms with Gasteiger partial charge >= 0.3 is 0 Å². The van der Waals surface area contributed by atoms with Crippen LogP contribution < -0.4 is 5.73 Å². The molecular weight excluding hydrogens is 210 g/mol. The molecule has 2 unspecified atom stereocenters. The fraction of sp³-hybridized carbons (Fsp3) is 0.455. The third kappa shape index (κ3) is 1.68. The Morgan fingerprint density at radius 3 is 2.80 bits per heavy atom. The quantitative estimate of drug-likeness (QED) is 0.821. The van der Waals surface area contributed by atoms with Gasteiger partial charge in [0.25, 0.3) is 0 Å². The average molecular weight is 225 g/mol. The summed E-state index contributed by atoms with van der Waals surface area (Å²) in [5, 5.41) is 0. The van der Waals surface area contributed by atoms with Crippen molar-refractivity contribution >= 4 is 9.84 Å². The molecule has 1 aliphatic heterocycles. The molecule has 0 spiro atoms. The van der Waals surface area contributed by atoms with Gasteiger partial charge in [0.05, 0.1) is 10.6 Å². The number of fused-ring (bicyclic) bond motifs is 1. The van der Waals surface area contributed by atoms with Crippen molar-refractivity contribution in [2.75, 3.05) is 12.3 Å². The Morgan fingerprint density at radius 1 is 1.47 bits per heavy atom. The van der Waals surface area contributed by atoms with E-state index in [0.29, 0.717) is 11.4 Å². The van der Waals surface area contributed by atoms with Crippen molar-refractivity contribution in [1.82, 2.24) is 0 Å². The maximum atomic E-state index is 11.8. The Bertz CT molecular complexity index is 467. The summed E-state index contributed by atoms with van der Waals surface area (Å²) in [4.78, 5) is 0.496. The molecule has 2 N–H and O–H groups in total. The summed E-state index contributed by atoms with van der Waals surface area (Å²) in [6.45, 7) is 2.52. The molecule has 1 aliphatic rings. The first-order chi connectivity index (χ1) is 7.06. The molecule has 0 aromatic heterocycles. The average Bonchev–Trinajstić information content (AvgIpc) is 2.51. The van der Waals surface area contributed by atoms with Gasteiger partial charge < -0.3 is 5.73 Å². The van der Waals surface area contributed by atoms with E-state index in [2.05, 4.69) is 0 Å². The molecule has 0 fully saturated rings. The first-order valence-corrected chi connectivity index (χ1v) is 6.73. The zero-order valence-electron chi connectivity index (χ0n) is 8.68. The SMILES string of the molecule is CC(CN)C1CS(=O)(=O)c2ccccc21. The highest BCUT2D eigenvalue weighted by Gasteiger charge is 2.36. The van der Waals surface area contributed by atoms with Crippen molar-refractivity contribution in [3.05, 3.63) is 29.8 Å². The van der Waals surface area contributed by atoms with Crippen LogP contribution in [0.15, 0.2) is 29.2 Å². The van der Waals surface area contributed by atoms with Crippen molar-refractivity contribution in [3.63, 3.8) is 0 Å². The van der Waals surface area contributed by atoms with Crippen molar-refractivity contribution in [1.29, 1.82) is 0 Å². The van der Waals surface area contributed by atoms with Crippen LogP contribution in [0.1, 0.15) is 18.4 Å². The number of hydrogen-bond donors (Lipinski definition) is 1. The third-order valence-corrected chi connectivity index (χ3v) is 4.95. The Kier molecular flexibility index (Phi) is 2.56. The fourth-order valence-electron chi connectivity index (χ4n) is 2.12. The van der Waals surface area contributed by atoms with E-state index in [1.807, 2.05) is 19.1 Å². The topological polar surface area (TPSA) is 60.2 Å². The highest BCUT2D eigenvalue weighted by molar-refractivity contribution is 7.91. The lowest BCUT2D eigenvalue weighted by molar-refractivity contribution is 0.501. The lowest BCUT2D eigenvalue weighted by Crippen LogP contribution is -2.20. The van der Waals surface area contributed by atoms with Crippen molar-refractivity contribution in [2.24, 2.45) is 11.7 Å². The zero-order chi connectivity index (χ0) is 11.1. The van der Waals surface area contributed by atoms with E-state index in [4.69, 9.17) is 5.73 Å². The number of sulfone groups is 1. The molecule has 4 heteroatoms. The Hall–Kier alpha value is -0.870. The summed E-state index contributed by atoms with van der Waals surface area (Å²) in [5.74, 6) is 0.490. The van der Waals surface area contributed by atoms with E-state index in [1.165, 1.54) is 0 Å². The van der Waals surface area contributed by atoms with Gasteiger partial charge in [-0.3, -0.25) is 0 Å². The van der Waals surface area contributed by atoms with E-state index < -0.39 is 9.84 Å². The molecule has 2 rings (SSSR count). The monoisotopic (exact) mass is 225 g/mol. The second-order valence-electron chi connectivity index (χ2n) is 4.14. The zero-order valence-corrected chi connectivity index (χ0v) is 9.50. The van der Waals surface area contributed by atoms with Gasteiger partial charge in [0.1, 0.15) is 0 Å². The number of nitrogens with two attached hydrogens (primary N) is 1. The van der Waals surface area contributed by atoms with Gasteiger partial charge in [-0.15, -0.1) is 0 Å². The first kappa shape index (κ1) is 10.6. The Morgan fingerprint density at radius 2 is 2.13 bits per heavy atom. The molecule has 0 saturated carbocycles. The van der Waals surface area contributed by atoms with E-state index in [9.17, 15) is 8.42 Å². The molecule has 3 nitrogen and oxygen atoms in total. The van der Waals surface area contributed by atoms with Gasteiger partial charge in [-0.1, -0.05) is 25.1 Å². The number of hydrogen-bond acceptors (Lipinski definition) is 3. The predicted octanol–water partition coefficient (Wildman–Crippen LogP) is 1.15. The molecule has 0 amide bonds. The maximum absolute atomic E-state index is 11.8. The van der Waals surface area contributed by atoms with E-state index in [0.717, 1.165) is 5.56 Å². The van der Waals surface area contributed by atoms with Crippen molar-refractivity contribution in [3.8, 4) is 0 Å². The fourth-order valence-corrected chi connectivity index (χ4v) is 4.15. The van der Waals surface area contributed by atoms with Gasteiger partial charge in [0, 0.05) is 5.92 Å². The molecule has 0 aliphatic carbocycles. The lowest BCUT2D eigenvalue weighted by atomic mass is 9.89. The summed E-state index contributed by atoms with van der Waals surface area (Å²) < 4.78 is 23.7. The number of rotatable bonds is 2. The van der Waals surface area contributed by atoms with Gasteiger partial charge in [-0.25, -0.2) is 8.42 Å². The molecule has 0 radical (unpaired) electrons. The van der Waals surface area contributed by atoms with Crippen LogP contribution in [0.2, 0.25) is 0 Å². The highest BCUT2D eigenvalue weighted by atomic mass is 32.2. The molecule has 0 bridgehead atoms. The summed E-state index contributed by atoms with van der Waals surface area (Å²) in [6.07, 6.45) is 0. The maximum Gasteiger partial charge on any atom is 0.179 e. The molecule has 1 aromatic rings. The standard InChI is InChI=1S/C11H15NO2S/c1-8(6-12)10-7-15(13,14)11-5-3-2-4-9(10)11/h2-5,8,10H,6-7,12H2,1H3. The molecule has 1 heterocycles. The van der Waals surface area contributed by atoms with E-state index >= 15 is 0 Å². The summed E-state index contributed by atoms with van der Waals surface area (Å²) in [6, 6.07) is 7.24. The van der Waals surface area contributed by atoms with E-state index in [1.54, 1.807) is 12.1 Å². The predicted molar refractivity (Wildman–Crippen MR) is 59.5 cm³/mol. The van der Waals surface area contributed by atoms with Crippen molar-refractivity contribution in [2.45, 2.75) is 17.7 Å². The smallest absolute Gasteiger partial charge is 0.179 e. The molecule has 1 aromatic carbocycles. The van der Waals surface area contributed by atoms with E-state index in [-0.39, 0.29) is 17.6 Å². The van der Waals surface area contributed by atoms with Crippen LogP contribution in [0.25, 0.3) is 0 Å². The summed E-state index contributed by atoms with van der Waals surface area (Å²) >= 11 is 0. The Labute approximate surface area is 90.2 Å². The minimum absolute atomic E-state index is 0.0659. The summed E-state index contributed by atoms with van der Waals surface area (Å²) in [5.41, 5.74) is 6.54. The first-order valence-electron chi connectivity index (χ1n) is 5.08. The van der Waals surface area contributed by atoms with Gasteiger partial charge in [-0.05, 0) is 24.1 Å². The molecule has 15 heavy (non-hydrogen) atoms. The van der Waals surface area contributed by atoms with Crippen molar-refractivity contribution < 1.29 is 8.42 Å². The largest absolute Gasteiger partial charge is 0.330 e. The minimum atomic E-state index is -3.07. The Balaban J connectivity index is 2.52. The third-order valence-electron chi connectivity index (χ3n) is 3.11. The van der Waals surface area contributed by atoms with Crippen LogP contribution in [0.4, 0.5) is 0 Å². The van der Waals surface area contributed by atoms with Gasteiger partial charge in [0.2, 0.25) is 0 Å². The van der Waals surface area contributed by atoms with Crippen LogP contribution in [0.5, 0.6) is 0 Å². The molecule has 2 atom stereocenters. The van der Waals surface area contributed by atoms with Crippen LogP contribution in [0.3, 0.4) is 0 Å². The second-order valence-corrected chi connectivity index (χ2v) is 6.14. The summed E-state index contributed by atoms with van der Waals surface area (Å²) in [7, 11) is -3.07. The highest BCUT2D eigenvalue weighted by Crippen LogP contribution is 2.38. The molecular formula is C11H15NO2S. The van der Waals surface area contributed by atoms with Gasteiger partial charge in [-0.2, -0.15) is 0 Å². The van der Waals surface area contributed by atoms with Crippen LogP contribution in [0, 0.1) is 5.92 Å². The molecule has 82 valence electrons. The molecule has 0 saturated heterocycles. The van der Waals surface area contributed by atoms with Crippen LogP contribution in [-0.4, -0.2) is 20.7 Å². The number of benzene rings is 1. The van der Waals surface area contributed by atoms with Gasteiger partial charge in [0.15, 0.2) is 9.84 Å². The normalized spacial score (nSPS) is 24.8. The minimum Gasteiger partial charge on any atom is -0.330 e. The van der Waals surface area contributed by atoms with Crippen LogP contribution >= 0.6 is 0 Å². The van der Waals surface area contributed by atoms with Crippen LogP contribution in [-0.2, 0) is 9.84 Å².